The van der Waals surface area contributed by atoms with Gasteiger partial charge in [-0.2, -0.15) is 0 Å². The first-order chi connectivity index (χ1) is 9.30. The van der Waals surface area contributed by atoms with Crippen molar-refractivity contribution < 1.29 is 14.3 Å². The lowest BCUT2D eigenvalue weighted by atomic mass is 10.1. The standard InChI is InChI=1S/C16H21NO3/c1-6-13-9-12(2)10-14(11-13)19-8-7-17-15(18)20-16(3,4)5/h1,9-11H,7-8H2,2-5H3,(H,17,18). The molecule has 0 spiro atoms. The number of hydrogen-bond donors (Lipinski definition) is 1. The van der Waals surface area contributed by atoms with Crippen LogP contribution in [0.2, 0.25) is 0 Å². The van der Waals surface area contributed by atoms with Crippen molar-refractivity contribution in [2.45, 2.75) is 33.3 Å². The lowest BCUT2D eigenvalue weighted by molar-refractivity contribution is 0.0520. The summed E-state index contributed by atoms with van der Waals surface area (Å²) in [6.45, 7) is 8.12. The Labute approximate surface area is 120 Å². The van der Waals surface area contributed by atoms with Crippen LogP contribution in [-0.4, -0.2) is 24.8 Å². The van der Waals surface area contributed by atoms with Crippen molar-refractivity contribution in [3.05, 3.63) is 29.3 Å². The molecule has 0 aliphatic rings. The summed E-state index contributed by atoms with van der Waals surface area (Å²) in [5.41, 5.74) is 1.32. The molecule has 1 amide bonds. The normalized spacial score (nSPS) is 10.6. The number of carbonyl (C=O) groups is 1. The van der Waals surface area contributed by atoms with E-state index in [4.69, 9.17) is 15.9 Å². The number of carbonyl (C=O) groups excluding carboxylic acids is 1. The van der Waals surface area contributed by atoms with Crippen molar-refractivity contribution in [3.63, 3.8) is 0 Å². The fraction of sp³-hybridized carbons (Fsp3) is 0.438. The summed E-state index contributed by atoms with van der Waals surface area (Å²) in [5.74, 6) is 3.27. The molecule has 20 heavy (non-hydrogen) atoms. The molecule has 1 N–H and O–H groups in total. The highest BCUT2D eigenvalue weighted by molar-refractivity contribution is 5.67. The number of benzene rings is 1. The molecule has 4 nitrogen and oxygen atoms in total. The summed E-state index contributed by atoms with van der Waals surface area (Å²) in [4.78, 5) is 11.4. The van der Waals surface area contributed by atoms with Crippen molar-refractivity contribution in [2.24, 2.45) is 0 Å². The van der Waals surface area contributed by atoms with Gasteiger partial charge in [0.1, 0.15) is 18.0 Å². The fourth-order valence-electron chi connectivity index (χ4n) is 1.55. The van der Waals surface area contributed by atoms with Gasteiger partial charge in [-0.3, -0.25) is 0 Å². The molecule has 0 aromatic heterocycles. The van der Waals surface area contributed by atoms with Crippen LogP contribution in [0.25, 0.3) is 0 Å². The number of amides is 1. The molecule has 1 aromatic carbocycles. The number of nitrogens with one attached hydrogen (secondary N) is 1. The smallest absolute Gasteiger partial charge is 0.407 e. The third kappa shape index (κ3) is 6.14. The molecule has 0 bridgehead atoms. The van der Waals surface area contributed by atoms with Gasteiger partial charge in [0, 0.05) is 5.56 Å². The number of alkyl carbamates (subject to hydrolysis) is 1. The van der Waals surface area contributed by atoms with Crippen molar-refractivity contribution in [1.29, 1.82) is 0 Å². The highest BCUT2D eigenvalue weighted by atomic mass is 16.6. The number of rotatable bonds is 4. The van der Waals surface area contributed by atoms with Crippen molar-refractivity contribution >= 4 is 6.09 Å². The van der Waals surface area contributed by atoms with Gasteiger partial charge in [0.05, 0.1) is 6.54 Å². The van der Waals surface area contributed by atoms with Gasteiger partial charge in [0.2, 0.25) is 0 Å². The van der Waals surface area contributed by atoms with E-state index < -0.39 is 11.7 Å². The summed E-state index contributed by atoms with van der Waals surface area (Å²) < 4.78 is 10.7. The molecule has 0 heterocycles. The monoisotopic (exact) mass is 275 g/mol. The van der Waals surface area contributed by atoms with Gasteiger partial charge in [-0.25, -0.2) is 4.79 Å². The first-order valence-electron chi connectivity index (χ1n) is 6.48. The van der Waals surface area contributed by atoms with Gasteiger partial charge in [0.15, 0.2) is 0 Å². The predicted octanol–water partition coefficient (Wildman–Crippen LogP) is 2.88. The van der Waals surface area contributed by atoms with E-state index >= 15 is 0 Å². The molecule has 108 valence electrons. The Morgan fingerprint density at radius 1 is 1.35 bits per heavy atom. The van der Waals surface area contributed by atoms with Crippen LogP contribution >= 0.6 is 0 Å². The molecule has 4 heteroatoms. The van der Waals surface area contributed by atoms with Gasteiger partial charge >= 0.3 is 6.09 Å². The topological polar surface area (TPSA) is 47.6 Å². The second-order valence-corrected chi connectivity index (χ2v) is 5.46. The summed E-state index contributed by atoms with van der Waals surface area (Å²) in [6, 6.07) is 5.60. The van der Waals surface area contributed by atoms with E-state index in [2.05, 4.69) is 11.2 Å². The first kappa shape index (κ1) is 15.9. The van der Waals surface area contributed by atoms with E-state index in [1.54, 1.807) is 6.07 Å². The maximum atomic E-state index is 11.4. The zero-order valence-electron chi connectivity index (χ0n) is 12.4. The summed E-state index contributed by atoms with van der Waals surface area (Å²) in [7, 11) is 0. The average Bonchev–Trinajstić information content (AvgIpc) is 2.32. The Bertz CT molecular complexity index is 509. The molecule has 0 saturated heterocycles. The Morgan fingerprint density at radius 2 is 2.05 bits per heavy atom. The zero-order chi connectivity index (χ0) is 15.2. The van der Waals surface area contributed by atoms with Crippen LogP contribution in [0.4, 0.5) is 4.79 Å². The van der Waals surface area contributed by atoms with Gasteiger partial charge < -0.3 is 14.8 Å². The van der Waals surface area contributed by atoms with Crippen LogP contribution in [0.1, 0.15) is 31.9 Å². The van der Waals surface area contributed by atoms with E-state index in [9.17, 15) is 4.79 Å². The third-order valence-electron chi connectivity index (χ3n) is 2.26. The van der Waals surface area contributed by atoms with E-state index in [1.165, 1.54) is 0 Å². The van der Waals surface area contributed by atoms with Crippen LogP contribution in [0.5, 0.6) is 5.75 Å². The highest BCUT2D eigenvalue weighted by Gasteiger charge is 2.15. The Hall–Kier alpha value is -2.15. The van der Waals surface area contributed by atoms with Crippen LogP contribution in [-0.2, 0) is 4.74 Å². The minimum absolute atomic E-state index is 0.354. The first-order valence-corrected chi connectivity index (χ1v) is 6.48. The molecule has 0 unspecified atom stereocenters. The van der Waals surface area contributed by atoms with E-state index in [0.717, 1.165) is 11.1 Å². The molecule has 0 radical (unpaired) electrons. The zero-order valence-corrected chi connectivity index (χ0v) is 12.4. The molecule has 1 aromatic rings. The van der Waals surface area contributed by atoms with Gasteiger partial charge in [-0.1, -0.05) is 5.92 Å². The van der Waals surface area contributed by atoms with Crippen LogP contribution in [0.15, 0.2) is 18.2 Å². The Morgan fingerprint density at radius 3 is 2.65 bits per heavy atom. The minimum atomic E-state index is -0.497. The maximum absolute atomic E-state index is 11.4. The van der Waals surface area contributed by atoms with Gasteiger partial charge in [-0.15, -0.1) is 6.42 Å². The Kier molecular flexibility index (Phi) is 5.45. The third-order valence-corrected chi connectivity index (χ3v) is 2.26. The SMILES string of the molecule is C#Cc1cc(C)cc(OCCNC(=O)OC(C)(C)C)c1. The summed E-state index contributed by atoms with van der Waals surface area (Å²) >= 11 is 0. The summed E-state index contributed by atoms with van der Waals surface area (Å²) in [5, 5.41) is 2.63. The molecular weight excluding hydrogens is 254 g/mol. The molecular formula is C16H21NO3. The van der Waals surface area contributed by atoms with Crippen LogP contribution in [0.3, 0.4) is 0 Å². The van der Waals surface area contributed by atoms with Crippen molar-refractivity contribution in [3.8, 4) is 18.1 Å². The van der Waals surface area contributed by atoms with E-state index in [0.29, 0.717) is 18.9 Å². The van der Waals surface area contributed by atoms with Crippen LogP contribution in [0, 0.1) is 19.3 Å². The van der Waals surface area contributed by atoms with E-state index in [-0.39, 0.29) is 0 Å². The second kappa shape index (κ2) is 6.85. The van der Waals surface area contributed by atoms with Crippen LogP contribution < -0.4 is 10.1 Å². The molecule has 1 rings (SSSR count). The Balaban J connectivity index is 2.37. The number of terminal acetylenes is 1. The predicted molar refractivity (Wildman–Crippen MR) is 78.8 cm³/mol. The molecule has 0 aliphatic carbocycles. The lowest BCUT2D eigenvalue weighted by Crippen LogP contribution is -2.34. The summed E-state index contributed by atoms with van der Waals surface area (Å²) in [6.07, 6.45) is 4.91. The van der Waals surface area contributed by atoms with Gasteiger partial charge in [0.25, 0.3) is 0 Å². The molecule has 0 saturated carbocycles. The minimum Gasteiger partial charge on any atom is -0.492 e. The van der Waals surface area contributed by atoms with E-state index in [1.807, 2.05) is 39.8 Å². The fourth-order valence-corrected chi connectivity index (χ4v) is 1.55. The second-order valence-electron chi connectivity index (χ2n) is 5.46. The quantitative estimate of drug-likeness (QED) is 0.679. The lowest BCUT2D eigenvalue weighted by Gasteiger charge is -2.19. The molecule has 0 fully saturated rings. The molecule has 0 aliphatic heterocycles. The average molecular weight is 275 g/mol. The largest absolute Gasteiger partial charge is 0.492 e. The van der Waals surface area contributed by atoms with Gasteiger partial charge in [-0.05, 0) is 51.5 Å². The number of ether oxygens (including phenoxy) is 2. The van der Waals surface area contributed by atoms with Crippen molar-refractivity contribution in [2.75, 3.05) is 13.2 Å². The number of aryl methyl sites for hydroxylation is 1. The number of hydrogen-bond acceptors (Lipinski definition) is 3. The van der Waals surface area contributed by atoms with Crippen molar-refractivity contribution in [1.82, 2.24) is 5.32 Å². The highest BCUT2D eigenvalue weighted by Crippen LogP contribution is 2.16. The molecule has 0 atom stereocenters. The maximum Gasteiger partial charge on any atom is 0.407 e.